The fourth-order valence-corrected chi connectivity index (χ4v) is 8.57. The van der Waals surface area contributed by atoms with Crippen molar-refractivity contribution in [2.75, 3.05) is 18.5 Å². The standard InChI is InChI=1S/C26H23B2F3N6O10P2/c27-48(40)43-8-14-21(19(31)26(45-14)37-6-11(29)17-23(37)33-9-34-24(17)39)47-49(28,41)42-7-13-20(46-48)18(30)25(44-13)36-5-10-1-2-15(38)35-12-3-4-32-22(36)16(10)12/h3-6,9,13-14,18-21,25-26H,1-2,7-8H2,(H,35,38)(H,33,34,39)/t13-,14-,18+,19?,20?,21+,25-,26-,48?,49?/m1/s1. The summed E-state index contributed by atoms with van der Waals surface area (Å²) in [6.07, 6.45) is -8.90. The Bertz CT molecular complexity index is 2150. The van der Waals surface area contributed by atoms with Gasteiger partial charge in [-0.25, -0.2) is 23.1 Å². The van der Waals surface area contributed by atoms with Gasteiger partial charge in [0.1, 0.15) is 35.4 Å². The molecule has 3 saturated heterocycles. The predicted molar refractivity (Wildman–Crippen MR) is 163 cm³/mol. The summed E-state index contributed by atoms with van der Waals surface area (Å²) in [7, 11) is 2.31. The fraction of sp³-hybridized carbons (Fsp3) is 0.462. The highest BCUT2D eigenvalue weighted by Gasteiger charge is 2.54. The number of carbonyl (C=O) groups is 1. The summed E-state index contributed by atoms with van der Waals surface area (Å²) in [6, 6.07) is 1.60. The van der Waals surface area contributed by atoms with Crippen LogP contribution < -0.4 is 10.9 Å². The van der Waals surface area contributed by atoms with E-state index in [1.54, 1.807) is 12.3 Å². The van der Waals surface area contributed by atoms with Crippen molar-refractivity contribution in [1.29, 1.82) is 0 Å². The monoisotopic (exact) mass is 720 g/mol. The Hall–Kier alpha value is -3.28. The van der Waals surface area contributed by atoms with Gasteiger partial charge < -0.3 is 42.4 Å². The number of fused-ring (bicyclic) bond motifs is 3. The number of hydrogen-bond acceptors (Lipinski definition) is 12. The largest absolute Gasteiger partial charge is 0.346 e. The van der Waals surface area contributed by atoms with Crippen LogP contribution in [0.25, 0.3) is 22.1 Å². The first kappa shape index (κ1) is 32.9. The van der Waals surface area contributed by atoms with Gasteiger partial charge in [-0.3, -0.25) is 23.3 Å². The van der Waals surface area contributed by atoms with Crippen LogP contribution in [0.4, 0.5) is 18.9 Å². The summed E-state index contributed by atoms with van der Waals surface area (Å²) in [5, 5.41) is 2.88. The molecule has 4 aliphatic rings. The topological polar surface area (TPSA) is 187 Å². The minimum absolute atomic E-state index is 0.169. The molecule has 8 rings (SSSR count). The summed E-state index contributed by atoms with van der Waals surface area (Å²) in [4.78, 5) is 34.8. The molecule has 0 bridgehead atoms. The van der Waals surface area contributed by atoms with E-state index in [0.29, 0.717) is 23.1 Å². The Kier molecular flexibility index (Phi) is 8.00. The highest BCUT2D eigenvalue weighted by Crippen LogP contribution is 2.54. The molecule has 0 saturated carbocycles. The van der Waals surface area contributed by atoms with Crippen molar-refractivity contribution >= 4 is 63.7 Å². The van der Waals surface area contributed by atoms with Crippen LogP contribution in [0.1, 0.15) is 24.4 Å². The number of H-pyrrole nitrogens is 1. The maximum Gasteiger partial charge on any atom is 0.264 e. The van der Waals surface area contributed by atoms with E-state index in [4.69, 9.17) is 42.7 Å². The molecule has 8 heterocycles. The number of amides is 1. The molecule has 0 aromatic carbocycles. The van der Waals surface area contributed by atoms with Crippen molar-refractivity contribution in [3.63, 3.8) is 0 Å². The van der Waals surface area contributed by atoms with Crippen LogP contribution in [0.2, 0.25) is 0 Å². The van der Waals surface area contributed by atoms with Crippen LogP contribution in [0.15, 0.2) is 35.8 Å². The van der Waals surface area contributed by atoms with Gasteiger partial charge >= 0.3 is 0 Å². The van der Waals surface area contributed by atoms with Crippen LogP contribution in [-0.2, 0) is 47.9 Å². The van der Waals surface area contributed by atoms with Gasteiger partial charge in [-0.2, -0.15) is 0 Å². The molecule has 254 valence electrons. The summed E-state index contributed by atoms with van der Waals surface area (Å²) in [5.74, 6) is -1.23. The highest BCUT2D eigenvalue weighted by molar-refractivity contribution is 7.79. The maximum absolute atomic E-state index is 16.3. The highest BCUT2D eigenvalue weighted by atomic mass is 31.2. The second-order valence-electron chi connectivity index (χ2n) is 11.8. The first-order valence-electron chi connectivity index (χ1n) is 14.8. The lowest BCUT2D eigenvalue weighted by molar-refractivity contribution is -0.116. The molecular weight excluding hydrogens is 697 g/mol. The third kappa shape index (κ3) is 5.69. The Morgan fingerprint density at radius 2 is 1.45 bits per heavy atom. The molecule has 16 nitrogen and oxygen atoms in total. The van der Waals surface area contributed by atoms with Gasteiger partial charge in [-0.15, -0.1) is 0 Å². The first-order valence-corrected chi connectivity index (χ1v) is 18.1. The number of hydrogen-bond donors (Lipinski definition) is 2. The zero-order valence-corrected chi connectivity index (χ0v) is 26.7. The Labute approximate surface area is 275 Å². The van der Waals surface area contributed by atoms with Crippen molar-refractivity contribution in [2.24, 2.45) is 0 Å². The summed E-state index contributed by atoms with van der Waals surface area (Å²) in [5.41, 5.74) is 0.313. The molecule has 1 amide bonds. The molecule has 4 unspecified atom stereocenters. The molecule has 49 heavy (non-hydrogen) atoms. The lowest BCUT2D eigenvalue weighted by atomic mass is 10.1. The number of nitrogens with one attached hydrogen (secondary N) is 2. The maximum atomic E-state index is 16.3. The van der Waals surface area contributed by atoms with Crippen LogP contribution in [0.3, 0.4) is 0 Å². The van der Waals surface area contributed by atoms with E-state index >= 15 is 8.78 Å². The number of pyridine rings is 1. The van der Waals surface area contributed by atoms with Gasteiger partial charge in [0.25, 0.3) is 20.5 Å². The van der Waals surface area contributed by atoms with Crippen molar-refractivity contribution in [1.82, 2.24) is 24.1 Å². The van der Waals surface area contributed by atoms with Crippen molar-refractivity contribution in [3.05, 3.63) is 52.7 Å². The fourth-order valence-electron chi connectivity index (χ4n) is 6.56. The number of halogens is 3. The van der Waals surface area contributed by atoms with Crippen molar-refractivity contribution in [2.45, 2.75) is 62.1 Å². The van der Waals surface area contributed by atoms with Gasteiger partial charge in [0.05, 0.1) is 25.2 Å². The molecule has 0 spiro atoms. The first-order chi connectivity index (χ1) is 23.3. The average molecular weight is 720 g/mol. The second-order valence-corrected chi connectivity index (χ2v) is 14.9. The number of nitrogens with zero attached hydrogens (tertiary/aromatic N) is 4. The number of carbonyl (C=O) groups excluding carboxylic acids is 1. The van der Waals surface area contributed by atoms with E-state index in [1.807, 2.05) is 0 Å². The van der Waals surface area contributed by atoms with Gasteiger partial charge in [0.2, 0.25) is 21.0 Å². The molecule has 4 aromatic heterocycles. The van der Waals surface area contributed by atoms with E-state index in [-0.39, 0.29) is 23.6 Å². The number of aromatic amines is 1. The number of rotatable bonds is 2. The minimum Gasteiger partial charge on any atom is -0.346 e. The summed E-state index contributed by atoms with van der Waals surface area (Å²) < 4.78 is 109. The lowest BCUT2D eigenvalue weighted by Crippen LogP contribution is -2.37. The second kappa shape index (κ2) is 11.9. The van der Waals surface area contributed by atoms with E-state index in [1.165, 1.54) is 10.8 Å². The number of ether oxygens (including phenoxy) is 2. The zero-order valence-electron chi connectivity index (χ0n) is 24.9. The number of anilines is 1. The van der Waals surface area contributed by atoms with Crippen LogP contribution >= 0.6 is 14.9 Å². The summed E-state index contributed by atoms with van der Waals surface area (Å²) >= 11 is 0. The molecule has 4 aliphatic heterocycles. The van der Waals surface area contributed by atoms with Gasteiger partial charge in [-0.1, -0.05) is 0 Å². The number of aromatic nitrogens is 5. The molecule has 3 fully saturated rings. The van der Waals surface area contributed by atoms with Crippen LogP contribution in [0, 0.1) is 5.82 Å². The van der Waals surface area contributed by atoms with Crippen molar-refractivity contribution < 1.29 is 54.7 Å². The normalized spacial score (nSPS) is 36.8. The van der Waals surface area contributed by atoms with Gasteiger partial charge in [0.15, 0.2) is 36.3 Å². The van der Waals surface area contributed by atoms with E-state index < -0.39 is 94.1 Å². The molecule has 0 aliphatic carbocycles. The Morgan fingerprint density at radius 1 is 0.857 bits per heavy atom. The molecule has 4 radical (unpaired) electrons. The molecule has 2 N–H and O–H groups in total. The Balaban J connectivity index is 1.08. The molecule has 4 aromatic rings. The third-order valence-corrected chi connectivity index (χ3v) is 10.8. The van der Waals surface area contributed by atoms with Crippen LogP contribution in [-0.4, -0.2) is 95.1 Å². The predicted octanol–water partition coefficient (Wildman–Crippen LogP) is 2.64. The van der Waals surface area contributed by atoms with Crippen molar-refractivity contribution in [3.8, 4) is 0 Å². The lowest BCUT2D eigenvalue weighted by Gasteiger charge is -2.29. The van der Waals surface area contributed by atoms with E-state index in [0.717, 1.165) is 17.1 Å². The third-order valence-electron chi connectivity index (χ3n) is 8.71. The van der Waals surface area contributed by atoms with Crippen LogP contribution in [0.5, 0.6) is 0 Å². The SMILES string of the molecule is [B]P1(=O)OC[C@H]2O[C@@H](n3cc(F)c4c(=O)[nH]cnc43)C(F)[C@H]2OP([B])(=O)OC[C@H]2O[C@@H](n3cc4c5c(ccnc53)NC(=O)CC4)[C@@H](F)C2O1. The Morgan fingerprint density at radius 3 is 2.08 bits per heavy atom. The smallest absolute Gasteiger partial charge is 0.264 e. The summed E-state index contributed by atoms with van der Waals surface area (Å²) in [6.45, 7) is -1.59. The molecule has 10 atom stereocenters. The minimum atomic E-state index is -4.70. The quantitative estimate of drug-likeness (QED) is 0.228. The molecule has 23 heteroatoms. The van der Waals surface area contributed by atoms with E-state index in [2.05, 4.69) is 20.3 Å². The number of aryl methyl sites for hydroxylation is 1. The van der Waals surface area contributed by atoms with Gasteiger partial charge in [-0.05, 0) is 18.1 Å². The van der Waals surface area contributed by atoms with E-state index in [9.17, 15) is 23.1 Å². The zero-order chi connectivity index (χ0) is 34.4. The molecular formula is C26H23B2F3N6O10P2. The van der Waals surface area contributed by atoms with Gasteiger partial charge in [0, 0.05) is 30.4 Å². The average Bonchev–Trinajstić information content (AvgIpc) is 3.73. The number of alkyl halides is 2.